The van der Waals surface area contributed by atoms with Gasteiger partial charge in [0, 0.05) is 6.54 Å². The van der Waals surface area contributed by atoms with Crippen LogP contribution in [0, 0.1) is 0 Å². The molecule has 88 valence electrons. The second-order valence-corrected chi connectivity index (χ2v) is 4.33. The molecule has 0 saturated heterocycles. The Morgan fingerprint density at radius 3 is 2.88 bits per heavy atom. The van der Waals surface area contributed by atoms with Gasteiger partial charge in [0.1, 0.15) is 12.0 Å². The summed E-state index contributed by atoms with van der Waals surface area (Å²) in [5.41, 5.74) is 2.56. The lowest BCUT2D eigenvalue weighted by Gasteiger charge is -2.28. The Morgan fingerprint density at radius 2 is 2.19 bits per heavy atom. The number of benzene rings is 1. The van der Waals surface area contributed by atoms with Crippen molar-refractivity contribution in [2.75, 3.05) is 13.7 Å². The van der Waals surface area contributed by atoms with E-state index in [1.807, 2.05) is 6.07 Å². The Labute approximate surface area is 96.8 Å². The molecule has 1 aliphatic heterocycles. The SMILES string of the molecule is COc1ccc2c(c1)CCNC2OC(C)C. The van der Waals surface area contributed by atoms with Crippen LogP contribution < -0.4 is 10.1 Å². The molecule has 3 heteroatoms. The first-order chi connectivity index (χ1) is 7.70. The van der Waals surface area contributed by atoms with Gasteiger partial charge in [0.05, 0.1) is 13.2 Å². The quantitative estimate of drug-likeness (QED) is 0.849. The average molecular weight is 221 g/mol. The minimum Gasteiger partial charge on any atom is -0.497 e. The van der Waals surface area contributed by atoms with E-state index in [-0.39, 0.29) is 12.3 Å². The van der Waals surface area contributed by atoms with Crippen LogP contribution >= 0.6 is 0 Å². The highest BCUT2D eigenvalue weighted by atomic mass is 16.5. The maximum Gasteiger partial charge on any atom is 0.134 e. The van der Waals surface area contributed by atoms with Crippen LogP contribution in [-0.2, 0) is 11.2 Å². The Bertz CT molecular complexity index is 363. The molecule has 3 nitrogen and oxygen atoms in total. The summed E-state index contributed by atoms with van der Waals surface area (Å²) in [6, 6.07) is 6.18. The van der Waals surface area contributed by atoms with E-state index < -0.39 is 0 Å². The summed E-state index contributed by atoms with van der Waals surface area (Å²) in [5, 5.41) is 3.38. The summed E-state index contributed by atoms with van der Waals surface area (Å²) in [5.74, 6) is 0.920. The maximum atomic E-state index is 5.84. The molecule has 0 radical (unpaired) electrons. The zero-order chi connectivity index (χ0) is 11.5. The summed E-state index contributed by atoms with van der Waals surface area (Å²) in [6.45, 7) is 5.07. The molecule has 1 atom stereocenters. The van der Waals surface area contributed by atoms with Crippen LogP contribution in [0.4, 0.5) is 0 Å². The summed E-state index contributed by atoms with van der Waals surface area (Å²) in [6.07, 6.45) is 1.28. The van der Waals surface area contributed by atoms with Crippen molar-refractivity contribution in [3.8, 4) is 5.75 Å². The van der Waals surface area contributed by atoms with Crippen molar-refractivity contribution < 1.29 is 9.47 Å². The molecule has 1 unspecified atom stereocenters. The van der Waals surface area contributed by atoms with Crippen molar-refractivity contribution in [2.24, 2.45) is 0 Å². The molecule has 16 heavy (non-hydrogen) atoms. The minimum atomic E-state index is 0.0228. The molecule has 0 amide bonds. The van der Waals surface area contributed by atoms with Crippen LogP contribution in [-0.4, -0.2) is 19.8 Å². The maximum absolute atomic E-state index is 5.84. The van der Waals surface area contributed by atoms with Crippen molar-refractivity contribution >= 4 is 0 Å². The summed E-state index contributed by atoms with van der Waals surface area (Å²) in [4.78, 5) is 0. The fourth-order valence-corrected chi connectivity index (χ4v) is 2.02. The third-order valence-corrected chi connectivity index (χ3v) is 2.76. The van der Waals surface area contributed by atoms with E-state index >= 15 is 0 Å². The number of nitrogens with one attached hydrogen (secondary N) is 1. The van der Waals surface area contributed by atoms with Crippen LogP contribution in [0.5, 0.6) is 5.75 Å². The fourth-order valence-electron chi connectivity index (χ4n) is 2.02. The van der Waals surface area contributed by atoms with E-state index in [1.165, 1.54) is 11.1 Å². The fraction of sp³-hybridized carbons (Fsp3) is 0.538. The predicted molar refractivity (Wildman–Crippen MR) is 63.7 cm³/mol. The van der Waals surface area contributed by atoms with Crippen LogP contribution in [0.25, 0.3) is 0 Å². The van der Waals surface area contributed by atoms with Gasteiger partial charge in [-0.3, -0.25) is 5.32 Å². The van der Waals surface area contributed by atoms with Crippen molar-refractivity contribution in [3.63, 3.8) is 0 Å². The van der Waals surface area contributed by atoms with Gasteiger partial charge in [-0.25, -0.2) is 0 Å². The highest BCUT2D eigenvalue weighted by Gasteiger charge is 2.21. The molecule has 1 N–H and O–H groups in total. The second-order valence-electron chi connectivity index (χ2n) is 4.33. The predicted octanol–water partition coefficient (Wildman–Crippen LogP) is 2.26. The molecule has 0 aliphatic carbocycles. The first kappa shape index (κ1) is 11.4. The lowest BCUT2D eigenvalue weighted by atomic mass is 9.99. The topological polar surface area (TPSA) is 30.5 Å². The van der Waals surface area contributed by atoms with Gasteiger partial charge >= 0.3 is 0 Å². The van der Waals surface area contributed by atoms with E-state index in [9.17, 15) is 0 Å². The molecule has 1 aromatic rings. The van der Waals surface area contributed by atoms with Crippen molar-refractivity contribution in [1.29, 1.82) is 0 Å². The number of rotatable bonds is 3. The van der Waals surface area contributed by atoms with Gasteiger partial charge in [-0.15, -0.1) is 0 Å². The number of ether oxygens (including phenoxy) is 2. The highest BCUT2D eigenvalue weighted by molar-refractivity contribution is 5.38. The number of fused-ring (bicyclic) bond motifs is 1. The minimum absolute atomic E-state index is 0.0228. The van der Waals surface area contributed by atoms with Crippen LogP contribution in [0.1, 0.15) is 31.2 Å². The third kappa shape index (κ3) is 2.36. The standard InChI is InChI=1S/C13H19NO2/c1-9(2)16-13-12-5-4-11(15-3)8-10(12)6-7-14-13/h4-5,8-9,13-14H,6-7H2,1-3H3. The summed E-state index contributed by atoms with van der Waals surface area (Å²) >= 11 is 0. The van der Waals surface area contributed by atoms with Gasteiger partial charge in [-0.05, 0) is 43.5 Å². The molecule has 0 bridgehead atoms. The lowest BCUT2D eigenvalue weighted by molar-refractivity contribution is -0.0172. The van der Waals surface area contributed by atoms with Gasteiger partial charge in [-0.2, -0.15) is 0 Å². The number of methoxy groups -OCH3 is 1. The van der Waals surface area contributed by atoms with Gasteiger partial charge in [0.2, 0.25) is 0 Å². The van der Waals surface area contributed by atoms with Crippen LogP contribution in [0.2, 0.25) is 0 Å². The second kappa shape index (κ2) is 4.85. The van der Waals surface area contributed by atoms with Crippen LogP contribution in [0.15, 0.2) is 18.2 Å². The van der Waals surface area contributed by atoms with E-state index in [0.29, 0.717) is 0 Å². The monoisotopic (exact) mass is 221 g/mol. The number of hydrogen-bond acceptors (Lipinski definition) is 3. The lowest BCUT2D eigenvalue weighted by Crippen LogP contribution is -2.33. The van der Waals surface area contributed by atoms with E-state index in [0.717, 1.165) is 18.7 Å². The van der Waals surface area contributed by atoms with Gasteiger partial charge < -0.3 is 9.47 Å². The van der Waals surface area contributed by atoms with E-state index in [2.05, 4.69) is 31.3 Å². The molecule has 0 saturated carbocycles. The third-order valence-electron chi connectivity index (χ3n) is 2.76. The van der Waals surface area contributed by atoms with Crippen molar-refractivity contribution in [2.45, 2.75) is 32.6 Å². The average Bonchev–Trinajstić information content (AvgIpc) is 2.28. The Morgan fingerprint density at radius 1 is 1.38 bits per heavy atom. The molecular formula is C13H19NO2. The first-order valence-electron chi connectivity index (χ1n) is 5.76. The molecule has 2 rings (SSSR count). The summed E-state index contributed by atoms with van der Waals surface area (Å²) < 4.78 is 11.1. The molecule has 1 heterocycles. The molecular weight excluding hydrogens is 202 g/mol. The smallest absolute Gasteiger partial charge is 0.134 e. The van der Waals surface area contributed by atoms with Crippen molar-refractivity contribution in [3.05, 3.63) is 29.3 Å². The largest absolute Gasteiger partial charge is 0.497 e. The zero-order valence-electron chi connectivity index (χ0n) is 10.1. The Kier molecular flexibility index (Phi) is 3.46. The molecule has 1 aliphatic rings. The zero-order valence-corrected chi connectivity index (χ0v) is 10.1. The van der Waals surface area contributed by atoms with E-state index in [4.69, 9.17) is 9.47 Å². The molecule has 1 aromatic carbocycles. The van der Waals surface area contributed by atoms with Crippen LogP contribution in [0.3, 0.4) is 0 Å². The Balaban J connectivity index is 2.25. The highest BCUT2D eigenvalue weighted by Crippen LogP contribution is 2.28. The molecule has 0 aromatic heterocycles. The first-order valence-corrected chi connectivity index (χ1v) is 5.76. The van der Waals surface area contributed by atoms with Gasteiger partial charge in [0.15, 0.2) is 0 Å². The molecule has 0 fully saturated rings. The van der Waals surface area contributed by atoms with Gasteiger partial charge in [-0.1, -0.05) is 6.07 Å². The van der Waals surface area contributed by atoms with Gasteiger partial charge in [0.25, 0.3) is 0 Å². The molecule has 0 spiro atoms. The summed E-state index contributed by atoms with van der Waals surface area (Å²) in [7, 11) is 1.70. The van der Waals surface area contributed by atoms with Crippen molar-refractivity contribution in [1.82, 2.24) is 5.32 Å². The van der Waals surface area contributed by atoms with E-state index in [1.54, 1.807) is 7.11 Å². The number of hydrogen-bond donors (Lipinski definition) is 1. The Hall–Kier alpha value is -1.06. The normalized spacial score (nSPS) is 19.6.